The van der Waals surface area contributed by atoms with E-state index in [0.29, 0.717) is 6.42 Å². The quantitative estimate of drug-likeness (QED) is 0.447. The van der Waals surface area contributed by atoms with Gasteiger partial charge in [0.15, 0.2) is 0 Å². The van der Waals surface area contributed by atoms with E-state index in [1.54, 1.807) is 0 Å². The first-order chi connectivity index (χ1) is 8.27. The largest absolute Gasteiger partial charge is 0.291 e. The van der Waals surface area contributed by atoms with Crippen molar-refractivity contribution < 1.29 is 4.79 Å². The molecule has 1 unspecified atom stereocenters. The first-order valence-electron chi connectivity index (χ1n) is 5.50. The van der Waals surface area contributed by atoms with E-state index in [1.807, 2.05) is 24.3 Å². The molecule has 0 aliphatic rings. The van der Waals surface area contributed by atoms with Crippen LogP contribution in [0.2, 0.25) is 0 Å². The maximum absolute atomic E-state index is 11.6. The van der Waals surface area contributed by atoms with Crippen molar-refractivity contribution in [2.75, 3.05) is 0 Å². The predicted molar refractivity (Wildman–Crippen MR) is 83.0 cm³/mol. The second kappa shape index (κ2) is 8.58. The number of carbonyl (C=O) groups excluding carboxylic acids is 1. The molecule has 1 aromatic carbocycles. The molecule has 92 valence electrons. The van der Waals surface area contributed by atoms with E-state index in [4.69, 9.17) is 0 Å². The number of benzene rings is 1. The zero-order valence-corrected chi connectivity index (χ0v) is 12.5. The molecule has 0 fully saturated rings. The fourth-order valence-electron chi connectivity index (χ4n) is 1.74. The lowest BCUT2D eigenvalue weighted by molar-refractivity contribution is -0.119. The molecule has 2 nitrogen and oxygen atoms in total. The van der Waals surface area contributed by atoms with Gasteiger partial charge in [-0.15, -0.1) is 6.58 Å². The molecular weight excluding hydrogens is 345 g/mol. The average molecular weight is 361 g/mol. The van der Waals surface area contributed by atoms with Gasteiger partial charge in [-0.05, 0) is 24.3 Å². The highest BCUT2D eigenvalue weighted by Gasteiger charge is 2.14. The highest BCUT2D eigenvalue weighted by molar-refractivity contribution is 14.2. The topological polar surface area (TPSA) is 29.1 Å². The van der Waals surface area contributed by atoms with E-state index in [2.05, 4.69) is 44.6 Å². The molecule has 4 heteroatoms. The van der Waals surface area contributed by atoms with E-state index in [9.17, 15) is 4.79 Å². The van der Waals surface area contributed by atoms with Crippen molar-refractivity contribution in [1.82, 2.24) is 4.72 Å². The Labute approximate surface area is 119 Å². The molecule has 1 amide bonds. The first kappa shape index (κ1) is 14.6. The lowest BCUT2D eigenvalue weighted by Gasteiger charge is -2.15. The minimum absolute atomic E-state index is 0.0855. The predicted octanol–water partition coefficient (Wildman–Crippen LogP) is 4.24. The van der Waals surface area contributed by atoms with E-state index < -0.39 is 0 Å². The van der Waals surface area contributed by atoms with E-state index in [0.717, 1.165) is 12.8 Å². The number of hydrogen-bond donors (Lipinski definition) is 1. The van der Waals surface area contributed by atoms with E-state index >= 15 is 0 Å². The zero-order chi connectivity index (χ0) is 12.5. The van der Waals surface area contributed by atoms with Crippen LogP contribution in [-0.2, 0) is 4.79 Å². The third kappa shape index (κ3) is 5.59. The fourth-order valence-corrected chi connectivity index (χ4v) is 2.65. The summed E-state index contributed by atoms with van der Waals surface area (Å²) >= 11 is 2.06. The fraction of sp³-hybridized carbons (Fsp3) is 0.308. The monoisotopic (exact) mass is 361 g/mol. The molecular formula is C13H16INOS. The van der Waals surface area contributed by atoms with Crippen molar-refractivity contribution in [3.8, 4) is 0 Å². The van der Waals surface area contributed by atoms with Crippen molar-refractivity contribution in [3.63, 3.8) is 0 Å². The van der Waals surface area contributed by atoms with Crippen LogP contribution in [0.5, 0.6) is 0 Å². The van der Waals surface area contributed by atoms with Gasteiger partial charge in [-0.1, -0.05) is 36.4 Å². The Bertz CT molecular complexity index is 356. The lowest BCUT2D eigenvalue weighted by atomic mass is 9.91. The Morgan fingerprint density at radius 1 is 1.47 bits per heavy atom. The minimum Gasteiger partial charge on any atom is -0.291 e. The first-order valence-corrected chi connectivity index (χ1v) is 8.86. The van der Waals surface area contributed by atoms with Crippen LogP contribution >= 0.6 is 30.3 Å². The van der Waals surface area contributed by atoms with Gasteiger partial charge in [0.25, 0.3) is 0 Å². The smallest absolute Gasteiger partial charge is 0.231 e. The SMILES string of the molecule is C=CCCC(CC(=O)NSI)c1ccccc1. The molecule has 1 rings (SSSR count). The van der Waals surface area contributed by atoms with E-state index in [1.165, 1.54) is 14.7 Å². The maximum atomic E-state index is 11.6. The standard InChI is InChI=1S/C13H16INOS/c1-2-3-7-12(10-13(16)15-17-14)11-8-5-4-6-9-11/h2,4-6,8-9,12H,1,3,7,10H2,(H,15,16). The molecule has 17 heavy (non-hydrogen) atoms. The highest BCUT2D eigenvalue weighted by atomic mass is 127. The third-order valence-electron chi connectivity index (χ3n) is 2.57. The second-order valence-corrected chi connectivity index (χ2v) is 5.46. The average Bonchev–Trinajstić information content (AvgIpc) is 2.36. The van der Waals surface area contributed by atoms with Gasteiger partial charge in [-0.2, -0.15) is 0 Å². The molecule has 1 N–H and O–H groups in total. The minimum atomic E-state index is 0.0855. The lowest BCUT2D eigenvalue weighted by Crippen LogP contribution is -2.17. The summed E-state index contributed by atoms with van der Waals surface area (Å²) in [6.45, 7) is 3.74. The molecule has 0 bridgehead atoms. The van der Waals surface area contributed by atoms with Gasteiger partial charge in [-0.25, -0.2) is 0 Å². The van der Waals surface area contributed by atoms with Crippen LogP contribution in [0.25, 0.3) is 0 Å². The molecule has 0 aliphatic carbocycles. The number of hydrogen-bond acceptors (Lipinski definition) is 2. The number of amides is 1. The Hall–Kier alpha value is -0.490. The Morgan fingerprint density at radius 2 is 2.18 bits per heavy atom. The molecule has 0 radical (unpaired) electrons. The van der Waals surface area contributed by atoms with Crippen molar-refractivity contribution in [2.24, 2.45) is 0 Å². The molecule has 0 saturated carbocycles. The van der Waals surface area contributed by atoms with Gasteiger partial charge in [-0.3, -0.25) is 9.52 Å². The second-order valence-electron chi connectivity index (χ2n) is 3.78. The summed E-state index contributed by atoms with van der Waals surface area (Å²) in [6.07, 6.45) is 4.34. The Morgan fingerprint density at radius 3 is 2.76 bits per heavy atom. The third-order valence-corrected chi connectivity index (χ3v) is 3.54. The van der Waals surface area contributed by atoms with Crippen molar-refractivity contribution in [2.45, 2.75) is 25.2 Å². The van der Waals surface area contributed by atoms with Gasteiger partial charge in [0, 0.05) is 36.7 Å². The molecule has 0 saturated heterocycles. The van der Waals surface area contributed by atoms with Gasteiger partial charge < -0.3 is 0 Å². The van der Waals surface area contributed by atoms with Crippen LogP contribution in [0.4, 0.5) is 0 Å². The number of allylic oxidation sites excluding steroid dienone is 1. The Kier molecular flexibility index (Phi) is 7.35. The van der Waals surface area contributed by atoms with Crippen LogP contribution < -0.4 is 4.72 Å². The van der Waals surface area contributed by atoms with Crippen LogP contribution in [0.1, 0.15) is 30.7 Å². The van der Waals surface area contributed by atoms with Gasteiger partial charge >= 0.3 is 0 Å². The number of halogens is 1. The van der Waals surface area contributed by atoms with Crippen LogP contribution in [0.3, 0.4) is 0 Å². The number of nitrogens with one attached hydrogen (secondary N) is 1. The molecule has 0 heterocycles. The number of carbonyl (C=O) groups is 1. The zero-order valence-electron chi connectivity index (χ0n) is 9.56. The maximum Gasteiger partial charge on any atom is 0.231 e. The highest BCUT2D eigenvalue weighted by Crippen LogP contribution is 2.25. The van der Waals surface area contributed by atoms with Crippen molar-refractivity contribution in [3.05, 3.63) is 48.6 Å². The summed E-state index contributed by atoms with van der Waals surface area (Å²) in [5.74, 6) is 0.361. The molecule has 0 spiro atoms. The van der Waals surface area contributed by atoms with Crippen LogP contribution in [0, 0.1) is 0 Å². The van der Waals surface area contributed by atoms with E-state index in [-0.39, 0.29) is 11.8 Å². The van der Waals surface area contributed by atoms with Gasteiger partial charge in [0.1, 0.15) is 0 Å². The molecule has 0 aliphatic heterocycles. The van der Waals surface area contributed by atoms with Gasteiger partial charge in [0.05, 0.1) is 0 Å². The summed E-state index contributed by atoms with van der Waals surface area (Å²) in [6, 6.07) is 10.2. The van der Waals surface area contributed by atoms with Crippen molar-refractivity contribution in [1.29, 1.82) is 0 Å². The summed E-state index contributed by atoms with van der Waals surface area (Å²) in [5.41, 5.74) is 1.22. The Balaban J connectivity index is 2.66. The molecule has 1 aromatic rings. The summed E-state index contributed by atoms with van der Waals surface area (Å²) < 4.78 is 2.76. The summed E-state index contributed by atoms with van der Waals surface area (Å²) in [4.78, 5) is 11.6. The van der Waals surface area contributed by atoms with Crippen LogP contribution in [0.15, 0.2) is 43.0 Å². The normalized spacial score (nSPS) is 11.8. The number of rotatable bonds is 7. The summed E-state index contributed by atoms with van der Waals surface area (Å²) in [7, 11) is 1.32. The summed E-state index contributed by atoms with van der Waals surface area (Å²) in [5, 5.41) is 0. The van der Waals surface area contributed by atoms with Crippen molar-refractivity contribution >= 4 is 36.2 Å². The van der Waals surface area contributed by atoms with Crippen LogP contribution in [-0.4, -0.2) is 5.91 Å². The molecule has 0 aromatic heterocycles. The van der Waals surface area contributed by atoms with Gasteiger partial charge in [0.2, 0.25) is 5.91 Å². The molecule has 1 atom stereocenters.